The van der Waals surface area contributed by atoms with Crippen molar-refractivity contribution in [1.29, 1.82) is 0 Å². The number of hydrogen-bond acceptors (Lipinski definition) is 4. The number of aryl methyl sites for hydroxylation is 1. The van der Waals surface area contributed by atoms with Crippen molar-refractivity contribution in [2.24, 2.45) is 7.05 Å². The molecule has 5 nitrogen and oxygen atoms in total. The summed E-state index contributed by atoms with van der Waals surface area (Å²) in [6, 6.07) is 4.29. The molecule has 1 unspecified atom stereocenters. The van der Waals surface area contributed by atoms with Gasteiger partial charge in [0.05, 0.1) is 11.7 Å². The van der Waals surface area contributed by atoms with Crippen LogP contribution in [0.4, 0.5) is 0 Å². The van der Waals surface area contributed by atoms with Crippen molar-refractivity contribution in [3.63, 3.8) is 0 Å². The van der Waals surface area contributed by atoms with Crippen LogP contribution in [0.1, 0.15) is 30.6 Å². The third kappa shape index (κ3) is 3.37. The molecule has 0 spiro atoms. The van der Waals surface area contributed by atoms with Crippen molar-refractivity contribution in [2.75, 3.05) is 6.54 Å². The van der Waals surface area contributed by atoms with Gasteiger partial charge in [-0.15, -0.1) is 5.10 Å². The van der Waals surface area contributed by atoms with Gasteiger partial charge in [-0.25, -0.2) is 0 Å². The second-order valence-corrected chi connectivity index (χ2v) is 4.38. The van der Waals surface area contributed by atoms with Gasteiger partial charge in [0.15, 0.2) is 0 Å². The van der Waals surface area contributed by atoms with Crippen LogP contribution in [0.25, 0.3) is 0 Å². The average Bonchev–Trinajstić information content (AvgIpc) is 2.82. The maximum absolute atomic E-state index is 4.20. The molecule has 2 rings (SSSR count). The molecule has 1 N–H and O–H groups in total. The Labute approximate surface area is 107 Å². The Morgan fingerprint density at radius 3 is 2.72 bits per heavy atom. The quantitative estimate of drug-likeness (QED) is 0.838. The van der Waals surface area contributed by atoms with E-state index >= 15 is 0 Å². The Hall–Kier alpha value is -1.75. The van der Waals surface area contributed by atoms with Gasteiger partial charge in [-0.3, -0.25) is 9.67 Å². The van der Waals surface area contributed by atoms with E-state index < -0.39 is 0 Å². The number of rotatable bonds is 6. The molecule has 0 saturated heterocycles. The predicted molar refractivity (Wildman–Crippen MR) is 70.0 cm³/mol. The van der Waals surface area contributed by atoms with Crippen molar-refractivity contribution >= 4 is 0 Å². The number of pyridine rings is 1. The Morgan fingerprint density at radius 1 is 1.33 bits per heavy atom. The molecule has 0 aromatic carbocycles. The molecule has 2 heterocycles. The van der Waals surface area contributed by atoms with Gasteiger partial charge >= 0.3 is 0 Å². The number of hydrogen-bond donors (Lipinski definition) is 1. The second kappa shape index (κ2) is 6.26. The first-order valence-electron chi connectivity index (χ1n) is 6.28. The summed E-state index contributed by atoms with van der Waals surface area (Å²) < 4.78 is 1.74. The van der Waals surface area contributed by atoms with E-state index in [9.17, 15) is 0 Å². The average molecular weight is 245 g/mol. The van der Waals surface area contributed by atoms with Gasteiger partial charge in [0.2, 0.25) is 0 Å². The van der Waals surface area contributed by atoms with Crippen molar-refractivity contribution in [3.8, 4) is 0 Å². The zero-order valence-corrected chi connectivity index (χ0v) is 10.9. The highest BCUT2D eigenvalue weighted by Crippen LogP contribution is 2.15. The Kier molecular flexibility index (Phi) is 4.41. The lowest BCUT2D eigenvalue weighted by Gasteiger charge is -2.15. The van der Waals surface area contributed by atoms with Crippen LogP contribution in [-0.4, -0.2) is 26.5 Å². The van der Waals surface area contributed by atoms with Gasteiger partial charge in [-0.1, -0.05) is 12.1 Å². The smallest absolute Gasteiger partial charge is 0.0999 e. The number of nitrogens with one attached hydrogen (secondary N) is 1. The number of nitrogens with zero attached hydrogens (tertiary/aromatic N) is 4. The molecule has 0 radical (unpaired) electrons. The molecule has 1 atom stereocenters. The second-order valence-electron chi connectivity index (χ2n) is 4.38. The van der Waals surface area contributed by atoms with Crippen molar-refractivity contribution in [3.05, 3.63) is 42.0 Å². The van der Waals surface area contributed by atoms with Gasteiger partial charge < -0.3 is 5.32 Å². The minimum Gasteiger partial charge on any atom is -0.308 e. The summed E-state index contributed by atoms with van der Waals surface area (Å²) in [6.07, 6.45) is 7.62. The third-order valence-corrected chi connectivity index (χ3v) is 2.81. The van der Waals surface area contributed by atoms with Crippen LogP contribution in [0.15, 0.2) is 30.7 Å². The summed E-state index contributed by atoms with van der Waals surface area (Å²) in [5.74, 6) is 0. The van der Waals surface area contributed by atoms with Crippen molar-refractivity contribution < 1.29 is 0 Å². The lowest BCUT2D eigenvalue weighted by molar-refractivity contribution is 0.516. The van der Waals surface area contributed by atoms with E-state index in [0.29, 0.717) is 0 Å². The maximum atomic E-state index is 4.20. The molecule has 2 aromatic rings. The SMILES string of the molecule is CCCNC(Cc1ccncc1)c1cn(C)nn1. The van der Waals surface area contributed by atoms with E-state index in [2.05, 4.69) is 27.5 Å². The molecule has 18 heavy (non-hydrogen) atoms. The highest BCUT2D eigenvalue weighted by atomic mass is 15.4. The fourth-order valence-corrected chi connectivity index (χ4v) is 1.88. The van der Waals surface area contributed by atoms with Crippen LogP contribution in [0.3, 0.4) is 0 Å². The Morgan fingerprint density at radius 2 is 2.11 bits per heavy atom. The zero-order valence-electron chi connectivity index (χ0n) is 10.9. The molecule has 5 heteroatoms. The largest absolute Gasteiger partial charge is 0.308 e. The van der Waals surface area contributed by atoms with Gasteiger partial charge in [0, 0.05) is 25.6 Å². The maximum Gasteiger partial charge on any atom is 0.0999 e. The van der Waals surface area contributed by atoms with Crippen molar-refractivity contribution in [1.82, 2.24) is 25.3 Å². The zero-order chi connectivity index (χ0) is 12.8. The highest BCUT2D eigenvalue weighted by molar-refractivity contribution is 5.14. The molecule has 0 aliphatic heterocycles. The van der Waals surface area contributed by atoms with Crippen LogP contribution in [-0.2, 0) is 13.5 Å². The van der Waals surface area contributed by atoms with Gasteiger partial charge in [0.25, 0.3) is 0 Å². The molecule has 0 bridgehead atoms. The Balaban J connectivity index is 2.10. The summed E-state index contributed by atoms with van der Waals surface area (Å²) in [5, 5.41) is 11.7. The van der Waals surface area contributed by atoms with Crippen LogP contribution >= 0.6 is 0 Å². The minimum absolute atomic E-state index is 0.209. The van der Waals surface area contributed by atoms with Gasteiger partial charge in [-0.2, -0.15) is 0 Å². The standard InChI is InChI=1S/C13H19N5/c1-3-6-15-12(13-10-18(2)17-16-13)9-11-4-7-14-8-5-11/h4-5,7-8,10,12,15H,3,6,9H2,1-2H3. The lowest BCUT2D eigenvalue weighted by Crippen LogP contribution is -2.24. The monoisotopic (exact) mass is 245 g/mol. The minimum atomic E-state index is 0.209. The summed E-state index contributed by atoms with van der Waals surface area (Å²) >= 11 is 0. The Bertz CT molecular complexity index is 465. The summed E-state index contributed by atoms with van der Waals surface area (Å²) in [4.78, 5) is 4.04. The first-order chi connectivity index (χ1) is 8.79. The van der Waals surface area contributed by atoms with E-state index in [4.69, 9.17) is 0 Å². The van der Waals surface area contributed by atoms with E-state index in [1.165, 1.54) is 5.56 Å². The summed E-state index contributed by atoms with van der Waals surface area (Å²) in [7, 11) is 1.89. The highest BCUT2D eigenvalue weighted by Gasteiger charge is 2.14. The van der Waals surface area contributed by atoms with E-state index in [-0.39, 0.29) is 6.04 Å². The lowest BCUT2D eigenvalue weighted by atomic mass is 10.0. The fourth-order valence-electron chi connectivity index (χ4n) is 1.88. The first-order valence-corrected chi connectivity index (χ1v) is 6.28. The molecule has 0 amide bonds. The molecular formula is C13H19N5. The predicted octanol–water partition coefficient (Wildman–Crippen LogP) is 1.49. The van der Waals surface area contributed by atoms with E-state index in [1.54, 1.807) is 4.68 Å². The molecular weight excluding hydrogens is 226 g/mol. The molecule has 0 saturated carbocycles. The fraction of sp³-hybridized carbons (Fsp3) is 0.462. The normalized spacial score (nSPS) is 12.6. The summed E-state index contributed by atoms with van der Waals surface area (Å²) in [6.45, 7) is 3.14. The van der Waals surface area contributed by atoms with Crippen LogP contribution in [0.2, 0.25) is 0 Å². The molecule has 96 valence electrons. The van der Waals surface area contributed by atoms with E-state index in [1.807, 2.05) is 37.8 Å². The first kappa shape index (κ1) is 12.7. The number of aromatic nitrogens is 4. The van der Waals surface area contributed by atoms with Crippen LogP contribution in [0, 0.1) is 0 Å². The van der Waals surface area contributed by atoms with Crippen LogP contribution < -0.4 is 5.32 Å². The molecule has 0 aliphatic carbocycles. The van der Waals surface area contributed by atoms with Gasteiger partial charge in [-0.05, 0) is 37.1 Å². The summed E-state index contributed by atoms with van der Waals surface area (Å²) in [5.41, 5.74) is 2.24. The van der Waals surface area contributed by atoms with Gasteiger partial charge in [0.1, 0.15) is 0 Å². The molecule has 0 aliphatic rings. The molecule has 2 aromatic heterocycles. The topological polar surface area (TPSA) is 55.6 Å². The van der Waals surface area contributed by atoms with E-state index in [0.717, 1.165) is 25.1 Å². The van der Waals surface area contributed by atoms with Crippen molar-refractivity contribution in [2.45, 2.75) is 25.8 Å². The third-order valence-electron chi connectivity index (χ3n) is 2.81. The van der Waals surface area contributed by atoms with Crippen LogP contribution in [0.5, 0.6) is 0 Å². The molecule has 0 fully saturated rings.